The van der Waals surface area contributed by atoms with Crippen molar-refractivity contribution in [2.75, 3.05) is 40.8 Å². The minimum Gasteiger partial charge on any atom is -0.396 e. The summed E-state index contributed by atoms with van der Waals surface area (Å²) in [4.78, 5) is 6.44. The molecule has 27 heavy (non-hydrogen) atoms. The Bertz CT molecular complexity index is 689. The molecule has 0 aliphatic heterocycles. The second kappa shape index (κ2) is 11.9. The first-order valence-corrected chi connectivity index (χ1v) is 8.80. The number of hydrogen-bond donors (Lipinski definition) is 3. The molecular formula is C19H31IN6O. The number of aryl methyl sites for hydroxylation is 1. The summed E-state index contributed by atoms with van der Waals surface area (Å²) >= 11 is 0. The maximum atomic E-state index is 9.69. The molecule has 150 valence electrons. The Kier molecular flexibility index (Phi) is 10.3. The van der Waals surface area contributed by atoms with E-state index in [0.717, 1.165) is 17.1 Å². The Morgan fingerprint density at radius 2 is 1.85 bits per heavy atom. The lowest BCUT2D eigenvalue weighted by atomic mass is 10.0. The predicted octanol–water partition coefficient (Wildman–Crippen LogP) is 1.58. The van der Waals surface area contributed by atoms with Gasteiger partial charge in [-0.05, 0) is 19.7 Å². The van der Waals surface area contributed by atoms with Gasteiger partial charge in [0.15, 0.2) is 5.96 Å². The Morgan fingerprint density at radius 1 is 1.19 bits per heavy atom. The number of aliphatic hydroxyl groups is 1. The summed E-state index contributed by atoms with van der Waals surface area (Å²) in [6, 6.07) is 10.2. The summed E-state index contributed by atoms with van der Waals surface area (Å²) in [5, 5.41) is 20.6. The number of aliphatic hydroxyl groups excluding tert-OH is 1. The van der Waals surface area contributed by atoms with Gasteiger partial charge in [-0.3, -0.25) is 9.67 Å². The number of aromatic nitrogens is 2. The SMILES string of the molecule is CN=C(NCC(CO)c1ccccc1)NCC(c1cnn(C)c1)N(C)C.I. The second-order valence-corrected chi connectivity index (χ2v) is 6.55. The van der Waals surface area contributed by atoms with Crippen molar-refractivity contribution in [2.45, 2.75) is 12.0 Å². The van der Waals surface area contributed by atoms with Crippen LogP contribution in [0.4, 0.5) is 0 Å². The van der Waals surface area contributed by atoms with Crippen molar-refractivity contribution in [1.29, 1.82) is 0 Å². The summed E-state index contributed by atoms with van der Waals surface area (Å²) in [5.74, 6) is 0.743. The van der Waals surface area contributed by atoms with Gasteiger partial charge in [0.05, 0.1) is 18.8 Å². The molecule has 0 aliphatic rings. The fourth-order valence-corrected chi connectivity index (χ4v) is 2.86. The van der Waals surface area contributed by atoms with Gasteiger partial charge in [0.25, 0.3) is 0 Å². The lowest BCUT2D eigenvalue weighted by molar-refractivity contribution is 0.264. The molecule has 2 aromatic rings. The Hall–Kier alpha value is -1.65. The van der Waals surface area contributed by atoms with Gasteiger partial charge in [-0.2, -0.15) is 5.10 Å². The fraction of sp³-hybridized carbons (Fsp3) is 0.474. The Labute approximate surface area is 178 Å². The van der Waals surface area contributed by atoms with Gasteiger partial charge >= 0.3 is 0 Å². The van der Waals surface area contributed by atoms with E-state index in [-0.39, 0.29) is 42.5 Å². The van der Waals surface area contributed by atoms with Crippen molar-refractivity contribution < 1.29 is 5.11 Å². The second-order valence-electron chi connectivity index (χ2n) is 6.55. The molecule has 3 N–H and O–H groups in total. The van der Waals surface area contributed by atoms with Crippen LogP contribution in [0.2, 0.25) is 0 Å². The van der Waals surface area contributed by atoms with Gasteiger partial charge in [0.2, 0.25) is 0 Å². The standard InChI is InChI=1S/C19H30N6O.HI/c1-20-19(21-10-17(14-26)15-8-6-5-7-9-15)22-12-18(24(2)3)16-11-23-25(4)13-16;/h5-9,11,13,17-18,26H,10,12,14H2,1-4H3,(H2,20,21,22);1H. The molecule has 0 bridgehead atoms. The molecule has 0 saturated heterocycles. The highest BCUT2D eigenvalue weighted by Gasteiger charge is 2.17. The molecule has 0 amide bonds. The van der Waals surface area contributed by atoms with E-state index in [1.54, 1.807) is 7.05 Å². The van der Waals surface area contributed by atoms with E-state index >= 15 is 0 Å². The summed E-state index contributed by atoms with van der Waals surface area (Å²) < 4.78 is 1.81. The van der Waals surface area contributed by atoms with Gasteiger partial charge in [-0.25, -0.2) is 0 Å². The summed E-state index contributed by atoms with van der Waals surface area (Å²) in [5.41, 5.74) is 2.26. The van der Waals surface area contributed by atoms with E-state index in [9.17, 15) is 5.11 Å². The van der Waals surface area contributed by atoms with Crippen molar-refractivity contribution in [2.24, 2.45) is 12.0 Å². The van der Waals surface area contributed by atoms with Crippen LogP contribution in [-0.4, -0.2) is 66.6 Å². The van der Waals surface area contributed by atoms with Crippen LogP contribution in [-0.2, 0) is 7.05 Å². The van der Waals surface area contributed by atoms with Crippen molar-refractivity contribution in [3.8, 4) is 0 Å². The van der Waals surface area contributed by atoms with E-state index in [2.05, 4.69) is 25.6 Å². The minimum absolute atomic E-state index is 0. The van der Waals surface area contributed by atoms with Gasteiger partial charge in [-0.1, -0.05) is 30.3 Å². The van der Waals surface area contributed by atoms with E-state index in [1.807, 2.05) is 68.6 Å². The molecule has 8 heteroatoms. The van der Waals surface area contributed by atoms with Crippen LogP contribution in [0.15, 0.2) is 47.7 Å². The van der Waals surface area contributed by atoms with Gasteiger partial charge in [-0.15, -0.1) is 24.0 Å². The zero-order valence-electron chi connectivity index (χ0n) is 16.5. The van der Waals surface area contributed by atoms with Crippen molar-refractivity contribution in [3.63, 3.8) is 0 Å². The van der Waals surface area contributed by atoms with Crippen LogP contribution < -0.4 is 10.6 Å². The molecule has 2 rings (SSSR count). The third-order valence-corrected chi connectivity index (χ3v) is 4.43. The van der Waals surface area contributed by atoms with Crippen LogP contribution >= 0.6 is 24.0 Å². The first kappa shape index (κ1) is 23.4. The van der Waals surface area contributed by atoms with Crippen LogP contribution in [0.1, 0.15) is 23.1 Å². The fourth-order valence-electron chi connectivity index (χ4n) is 2.86. The number of hydrogen-bond acceptors (Lipinski definition) is 4. The summed E-state index contributed by atoms with van der Waals surface area (Å²) in [6.07, 6.45) is 3.92. The highest BCUT2D eigenvalue weighted by atomic mass is 127. The average molecular weight is 486 g/mol. The van der Waals surface area contributed by atoms with Crippen molar-refractivity contribution in [1.82, 2.24) is 25.3 Å². The molecule has 2 unspecified atom stereocenters. The maximum absolute atomic E-state index is 9.69. The number of benzene rings is 1. The average Bonchev–Trinajstić information content (AvgIpc) is 3.07. The monoisotopic (exact) mass is 486 g/mol. The Morgan fingerprint density at radius 3 is 2.37 bits per heavy atom. The molecule has 1 heterocycles. The largest absolute Gasteiger partial charge is 0.396 e. The highest BCUT2D eigenvalue weighted by molar-refractivity contribution is 14.0. The molecular weight excluding hydrogens is 455 g/mol. The van der Waals surface area contributed by atoms with E-state index in [0.29, 0.717) is 13.1 Å². The molecule has 0 fully saturated rings. The topological polar surface area (TPSA) is 77.7 Å². The lowest BCUT2D eigenvalue weighted by Crippen LogP contribution is -2.43. The Balaban J connectivity index is 0.00000364. The smallest absolute Gasteiger partial charge is 0.191 e. The van der Waals surface area contributed by atoms with Crippen molar-refractivity contribution in [3.05, 3.63) is 53.9 Å². The zero-order chi connectivity index (χ0) is 18.9. The molecule has 0 radical (unpaired) electrons. The molecule has 0 aliphatic carbocycles. The lowest BCUT2D eigenvalue weighted by Gasteiger charge is -2.25. The number of rotatable bonds is 8. The van der Waals surface area contributed by atoms with E-state index < -0.39 is 0 Å². The molecule has 0 spiro atoms. The van der Waals surface area contributed by atoms with Gasteiger partial charge in [0, 0.05) is 44.9 Å². The van der Waals surface area contributed by atoms with Gasteiger partial charge < -0.3 is 20.6 Å². The normalized spacial score (nSPS) is 13.8. The number of guanidine groups is 1. The summed E-state index contributed by atoms with van der Waals surface area (Å²) in [6.45, 7) is 1.40. The highest BCUT2D eigenvalue weighted by Crippen LogP contribution is 2.16. The van der Waals surface area contributed by atoms with E-state index in [1.165, 1.54) is 0 Å². The third-order valence-electron chi connectivity index (χ3n) is 4.43. The zero-order valence-corrected chi connectivity index (χ0v) is 18.8. The van der Waals surface area contributed by atoms with Crippen LogP contribution in [0, 0.1) is 0 Å². The molecule has 0 saturated carbocycles. The van der Waals surface area contributed by atoms with Crippen LogP contribution in [0.3, 0.4) is 0 Å². The predicted molar refractivity (Wildman–Crippen MR) is 121 cm³/mol. The first-order valence-electron chi connectivity index (χ1n) is 8.80. The quantitative estimate of drug-likeness (QED) is 0.300. The van der Waals surface area contributed by atoms with Crippen LogP contribution in [0.25, 0.3) is 0 Å². The van der Waals surface area contributed by atoms with Gasteiger partial charge in [0.1, 0.15) is 0 Å². The third kappa shape index (κ3) is 7.11. The number of likely N-dealkylation sites (N-methyl/N-ethyl adjacent to an activating group) is 1. The number of nitrogens with one attached hydrogen (secondary N) is 2. The maximum Gasteiger partial charge on any atom is 0.191 e. The minimum atomic E-state index is 0. The molecule has 7 nitrogen and oxygen atoms in total. The van der Waals surface area contributed by atoms with Crippen molar-refractivity contribution >= 4 is 29.9 Å². The summed E-state index contributed by atoms with van der Waals surface area (Å²) in [7, 11) is 7.77. The molecule has 1 aromatic heterocycles. The number of aliphatic imine (C=N–C) groups is 1. The van der Waals surface area contributed by atoms with Crippen LogP contribution in [0.5, 0.6) is 0 Å². The van der Waals surface area contributed by atoms with E-state index in [4.69, 9.17) is 0 Å². The molecule has 1 aromatic carbocycles. The number of nitrogens with zero attached hydrogens (tertiary/aromatic N) is 4. The number of halogens is 1. The first-order chi connectivity index (χ1) is 12.5. The molecule has 2 atom stereocenters.